The number of hydrogen-bond donors (Lipinski definition) is 1. The quantitative estimate of drug-likeness (QED) is 0.162. The molecular weight excluding hydrogens is 550 g/mol. The molecule has 0 aliphatic carbocycles. The molecule has 0 aliphatic rings. The van der Waals surface area contributed by atoms with Crippen LogP contribution in [-0.2, 0) is 20.9 Å². The van der Waals surface area contributed by atoms with Crippen LogP contribution >= 0.6 is 11.3 Å². The minimum absolute atomic E-state index is 0.0485. The van der Waals surface area contributed by atoms with E-state index in [-0.39, 0.29) is 19.1 Å². The van der Waals surface area contributed by atoms with Crippen LogP contribution in [0.5, 0.6) is 0 Å². The third-order valence-corrected chi connectivity index (χ3v) is 7.79. The van der Waals surface area contributed by atoms with E-state index >= 15 is 0 Å². The molecule has 0 bridgehead atoms. The van der Waals surface area contributed by atoms with Gasteiger partial charge in [0, 0.05) is 24.5 Å². The monoisotopic (exact) mass is 577 g/mol. The summed E-state index contributed by atoms with van der Waals surface area (Å²) in [4.78, 5) is 56.6. The first-order valence-electron chi connectivity index (χ1n) is 13.2. The minimum Gasteiger partial charge on any atom is -0.457 e. The van der Waals surface area contributed by atoms with E-state index in [2.05, 4.69) is 10.3 Å². The molecule has 210 valence electrons. The lowest BCUT2D eigenvalue weighted by molar-refractivity contribution is -0.119. The minimum atomic E-state index is -0.868. The number of aryl methyl sites for hydroxylation is 1. The number of benzene rings is 3. The average Bonchev–Trinajstić information content (AvgIpc) is 3.43. The van der Waals surface area contributed by atoms with Gasteiger partial charge < -0.3 is 10.1 Å². The highest BCUT2D eigenvalue weighted by Gasteiger charge is 2.28. The Morgan fingerprint density at radius 1 is 0.976 bits per heavy atom. The number of fused-ring (bicyclic) bond motifs is 1. The molecule has 1 N–H and O–H groups in total. The second-order valence-electron chi connectivity index (χ2n) is 9.63. The molecule has 3 amide bonds. The molecule has 5 aromatic rings. The molecule has 0 radical (unpaired) electrons. The number of pyridine rings is 1. The van der Waals surface area contributed by atoms with E-state index < -0.39 is 17.8 Å². The first-order chi connectivity index (χ1) is 20.4. The highest BCUT2D eigenvalue weighted by atomic mass is 32.1. The summed E-state index contributed by atoms with van der Waals surface area (Å²) in [5.41, 5.74) is 2.88. The largest absolute Gasteiger partial charge is 0.457 e. The average molecular weight is 578 g/mol. The fourth-order valence-corrected chi connectivity index (χ4v) is 5.42. The topological polar surface area (TPSA) is 106 Å². The number of anilines is 1. The van der Waals surface area contributed by atoms with Gasteiger partial charge in [-0.3, -0.25) is 24.3 Å². The standard InChI is InChI=1S/C33H27N3O5S/c1-22-7-5-6-10-27(22)32(39)36(21-37)19-28(31(38)35-30-17-26-15-16-34-18-29(26)42-30)24-13-11-23(12-14-24)20-41-33(40)25-8-3-2-4-9-25/h2-18,21,28H,19-20H2,1H3,(H,35,38)/t28-/m1/s1. The Labute approximate surface area is 246 Å². The van der Waals surface area contributed by atoms with Crippen molar-refractivity contribution in [2.75, 3.05) is 11.9 Å². The van der Waals surface area contributed by atoms with E-state index in [1.54, 1.807) is 86.0 Å². The predicted molar refractivity (Wildman–Crippen MR) is 161 cm³/mol. The molecule has 8 nitrogen and oxygen atoms in total. The molecule has 1 atom stereocenters. The van der Waals surface area contributed by atoms with Crippen molar-refractivity contribution in [3.63, 3.8) is 0 Å². The Morgan fingerprint density at radius 2 is 1.71 bits per heavy atom. The van der Waals surface area contributed by atoms with Gasteiger partial charge in [-0.15, -0.1) is 11.3 Å². The summed E-state index contributed by atoms with van der Waals surface area (Å²) in [5.74, 6) is -2.17. The van der Waals surface area contributed by atoms with E-state index in [1.807, 2.05) is 24.3 Å². The lowest BCUT2D eigenvalue weighted by atomic mass is 9.96. The molecule has 2 aromatic heterocycles. The van der Waals surface area contributed by atoms with Crippen molar-refractivity contribution in [3.05, 3.63) is 131 Å². The van der Waals surface area contributed by atoms with Crippen molar-refractivity contribution in [1.82, 2.24) is 9.88 Å². The number of nitrogens with one attached hydrogen (secondary N) is 1. The summed E-state index contributed by atoms with van der Waals surface area (Å²) in [7, 11) is 0. The maximum absolute atomic E-state index is 13.7. The van der Waals surface area contributed by atoms with E-state index in [0.717, 1.165) is 26.1 Å². The van der Waals surface area contributed by atoms with Gasteiger partial charge in [0.15, 0.2) is 0 Å². The molecule has 5 rings (SSSR count). The van der Waals surface area contributed by atoms with Gasteiger partial charge in [0.25, 0.3) is 5.91 Å². The number of carbonyl (C=O) groups excluding carboxylic acids is 4. The van der Waals surface area contributed by atoms with Gasteiger partial charge in [0.2, 0.25) is 12.3 Å². The van der Waals surface area contributed by atoms with E-state index in [4.69, 9.17) is 4.74 Å². The van der Waals surface area contributed by atoms with E-state index in [0.29, 0.717) is 28.1 Å². The Morgan fingerprint density at radius 3 is 2.43 bits per heavy atom. The summed E-state index contributed by atoms with van der Waals surface area (Å²) in [6.07, 6.45) is 3.87. The number of aromatic nitrogens is 1. The highest BCUT2D eigenvalue weighted by molar-refractivity contribution is 7.22. The number of nitrogens with zero attached hydrogens (tertiary/aromatic N) is 2. The molecular formula is C33H27N3O5S. The summed E-state index contributed by atoms with van der Waals surface area (Å²) in [5, 5.41) is 4.52. The summed E-state index contributed by atoms with van der Waals surface area (Å²) in [6, 6.07) is 26.4. The van der Waals surface area contributed by atoms with Crippen LogP contribution in [0.25, 0.3) is 10.1 Å². The van der Waals surface area contributed by atoms with Crippen LogP contribution in [0, 0.1) is 6.92 Å². The fourth-order valence-electron chi connectivity index (χ4n) is 4.48. The number of thiophene rings is 1. The smallest absolute Gasteiger partial charge is 0.338 e. The fraction of sp³-hybridized carbons (Fsp3) is 0.121. The van der Waals surface area contributed by atoms with Gasteiger partial charge in [-0.25, -0.2) is 4.79 Å². The third-order valence-electron chi connectivity index (χ3n) is 6.79. The Kier molecular flexibility index (Phi) is 8.79. The van der Waals surface area contributed by atoms with Crippen molar-refractivity contribution in [2.45, 2.75) is 19.4 Å². The summed E-state index contributed by atoms with van der Waals surface area (Å²) < 4.78 is 6.34. The SMILES string of the molecule is Cc1ccccc1C(=O)N(C=O)C[C@@H](C(=O)Nc1cc2ccncc2s1)c1ccc(COC(=O)c2ccccc2)cc1. The van der Waals surface area contributed by atoms with Crippen LogP contribution in [0.4, 0.5) is 5.00 Å². The number of hydrogen-bond acceptors (Lipinski definition) is 7. The molecule has 3 aromatic carbocycles. The highest BCUT2D eigenvalue weighted by Crippen LogP contribution is 2.30. The number of esters is 1. The molecule has 0 saturated carbocycles. The van der Waals surface area contributed by atoms with E-state index in [9.17, 15) is 19.2 Å². The number of amides is 3. The van der Waals surface area contributed by atoms with Crippen LogP contribution in [-0.4, -0.2) is 40.6 Å². The van der Waals surface area contributed by atoms with Crippen LogP contribution in [0.1, 0.15) is 43.3 Å². The molecule has 0 spiro atoms. The Balaban J connectivity index is 1.37. The molecule has 42 heavy (non-hydrogen) atoms. The van der Waals surface area contributed by atoms with Crippen molar-refractivity contribution >= 4 is 50.6 Å². The van der Waals surface area contributed by atoms with Gasteiger partial charge in [-0.2, -0.15) is 0 Å². The van der Waals surface area contributed by atoms with Crippen LogP contribution in [0.3, 0.4) is 0 Å². The Hall–Kier alpha value is -5.15. The number of ether oxygens (including phenoxy) is 1. The number of carbonyl (C=O) groups is 4. The molecule has 0 saturated heterocycles. The van der Waals surface area contributed by atoms with Gasteiger partial charge in [-0.1, -0.05) is 60.7 Å². The Bertz CT molecular complexity index is 1700. The van der Waals surface area contributed by atoms with Crippen LogP contribution in [0.2, 0.25) is 0 Å². The predicted octanol–water partition coefficient (Wildman–Crippen LogP) is 5.98. The summed E-state index contributed by atoms with van der Waals surface area (Å²) >= 11 is 1.38. The zero-order valence-electron chi connectivity index (χ0n) is 22.7. The molecule has 0 aliphatic heterocycles. The second-order valence-corrected chi connectivity index (χ2v) is 10.7. The lowest BCUT2D eigenvalue weighted by Gasteiger charge is -2.23. The van der Waals surface area contributed by atoms with Crippen molar-refractivity contribution in [2.24, 2.45) is 0 Å². The normalized spacial score (nSPS) is 11.5. The van der Waals surface area contributed by atoms with Crippen molar-refractivity contribution < 1.29 is 23.9 Å². The van der Waals surface area contributed by atoms with Gasteiger partial charge in [0.1, 0.15) is 6.61 Å². The van der Waals surface area contributed by atoms with Gasteiger partial charge in [-0.05, 0) is 59.3 Å². The zero-order chi connectivity index (χ0) is 29.5. The maximum Gasteiger partial charge on any atom is 0.338 e. The molecule has 0 unspecified atom stereocenters. The van der Waals surface area contributed by atoms with Crippen molar-refractivity contribution in [3.8, 4) is 0 Å². The molecule has 0 fully saturated rings. The van der Waals surface area contributed by atoms with Gasteiger partial charge in [0.05, 0.1) is 21.2 Å². The summed E-state index contributed by atoms with van der Waals surface area (Å²) in [6.45, 7) is 1.67. The first-order valence-corrected chi connectivity index (χ1v) is 14.0. The van der Waals surface area contributed by atoms with Crippen molar-refractivity contribution in [1.29, 1.82) is 0 Å². The first kappa shape index (κ1) is 28.4. The number of rotatable bonds is 10. The van der Waals surface area contributed by atoms with Crippen LogP contribution in [0.15, 0.2) is 103 Å². The van der Waals surface area contributed by atoms with Crippen LogP contribution < -0.4 is 5.32 Å². The third kappa shape index (κ3) is 6.59. The lowest BCUT2D eigenvalue weighted by Crippen LogP contribution is -2.37. The molecule has 2 heterocycles. The van der Waals surface area contributed by atoms with E-state index in [1.165, 1.54) is 11.3 Å². The number of imide groups is 1. The maximum atomic E-state index is 13.7. The zero-order valence-corrected chi connectivity index (χ0v) is 23.5. The van der Waals surface area contributed by atoms with Gasteiger partial charge >= 0.3 is 5.97 Å². The molecule has 9 heteroatoms. The second kappa shape index (κ2) is 13.0.